The Bertz CT molecular complexity index is 912. The van der Waals surface area contributed by atoms with Gasteiger partial charge in [0.05, 0.1) is 37.3 Å². The monoisotopic (exact) mass is 430 g/mol. The van der Waals surface area contributed by atoms with Gasteiger partial charge in [0, 0.05) is 24.2 Å². The molecular weight excluding hydrogens is 400 g/mol. The molecule has 5 rings (SSSR count). The van der Waals surface area contributed by atoms with Crippen LogP contribution in [0.15, 0.2) is 23.0 Å². The first kappa shape index (κ1) is 20.9. The number of aliphatic hydroxyl groups excluding tert-OH is 1. The van der Waals surface area contributed by atoms with Gasteiger partial charge < -0.3 is 19.4 Å². The summed E-state index contributed by atoms with van der Waals surface area (Å²) in [6, 6.07) is 1.91. The Kier molecular flexibility index (Phi) is 4.55. The minimum Gasteiger partial charge on any atom is -0.472 e. The van der Waals surface area contributed by atoms with Crippen molar-refractivity contribution < 1.29 is 33.8 Å². The number of hydrogen-bond acceptors (Lipinski definition) is 7. The predicted octanol–water partition coefficient (Wildman–Crippen LogP) is 2.39. The normalized spacial score (nSPS) is 46.8. The number of furan rings is 1. The highest BCUT2D eigenvalue weighted by atomic mass is 16.5. The average Bonchev–Trinajstić information content (AvgIpc) is 3.36. The van der Waals surface area contributed by atoms with E-state index in [4.69, 9.17) is 9.15 Å². The summed E-state index contributed by atoms with van der Waals surface area (Å²) in [5.74, 6) is -3.31. The second-order valence-corrected chi connectivity index (χ2v) is 10.3. The van der Waals surface area contributed by atoms with Gasteiger partial charge in [0.15, 0.2) is 5.78 Å². The lowest BCUT2D eigenvalue weighted by Gasteiger charge is -2.61. The molecule has 0 bridgehead atoms. The molecule has 4 aliphatic rings. The van der Waals surface area contributed by atoms with Crippen LogP contribution in [0.25, 0.3) is 0 Å². The third-order valence-electron chi connectivity index (χ3n) is 9.46. The van der Waals surface area contributed by atoms with E-state index in [0.717, 1.165) is 5.56 Å². The van der Waals surface area contributed by atoms with Crippen molar-refractivity contribution >= 4 is 17.5 Å². The molecule has 7 nitrogen and oxygen atoms in total. The molecule has 4 aliphatic carbocycles. The fourth-order valence-corrected chi connectivity index (χ4v) is 8.02. The van der Waals surface area contributed by atoms with E-state index in [9.17, 15) is 24.6 Å². The number of hydrogen-bond donors (Lipinski definition) is 2. The number of Topliss-reactive ketones (excluding diaryl/α,β-unsaturated/α-hetero) is 2. The van der Waals surface area contributed by atoms with Crippen LogP contribution in [-0.2, 0) is 19.1 Å². The Morgan fingerprint density at radius 3 is 2.65 bits per heavy atom. The van der Waals surface area contributed by atoms with Crippen molar-refractivity contribution in [2.75, 3.05) is 7.11 Å². The Labute approximate surface area is 181 Å². The highest BCUT2D eigenvalue weighted by molar-refractivity contribution is 6.07. The van der Waals surface area contributed by atoms with Crippen LogP contribution in [0.4, 0.5) is 0 Å². The van der Waals surface area contributed by atoms with Gasteiger partial charge in [0.2, 0.25) is 0 Å². The Morgan fingerprint density at radius 1 is 1.19 bits per heavy atom. The van der Waals surface area contributed by atoms with Crippen molar-refractivity contribution in [2.45, 2.75) is 69.5 Å². The third kappa shape index (κ3) is 2.39. The summed E-state index contributed by atoms with van der Waals surface area (Å²) in [4.78, 5) is 40.1. The third-order valence-corrected chi connectivity index (χ3v) is 9.46. The summed E-state index contributed by atoms with van der Waals surface area (Å²) in [6.07, 6.45) is 4.80. The molecule has 1 aromatic heterocycles. The van der Waals surface area contributed by atoms with Crippen molar-refractivity contribution in [3.63, 3.8) is 0 Å². The van der Waals surface area contributed by atoms with Gasteiger partial charge in [-0.25, -0.2) is 0 Å². The molecule has 0 radical (unpaired) electrons. The molecule has 8 atom stereocenters. The van der Waals surface area contributed by atoms with Gasteiger partial charge in [-0.1, -0.05) is 6.92 Å². The molecule has 0 spiro atoms. The molecular formula is C24H30O7. The van der Waals surface area contributed by atoms with E-state index in [1.54, 1.807) is 12.5 Å². The molecule has 0 aromatic carbocycles. The van der Waals surface area contributed by atoms with E-state index in [1.807, 2.05) is 13.0 Å². The van der Waals surface area contributed by atoms with Gasteiger partial charge >= 0.3 is 5.97 Å². The Balaban J connectivity index is 1.64. The molecule has 0 aliphatic heterocycles. The van der Waals surface area contributed by atoms with Crippen LogP contribution in [0.1, 0.15) is 63.4 Å². The number of methoxy groups -OCH3 is 1. The highest BCUT2D eigenvalue weighted by Gasteiger charge is 2.74. The lowest BCUT2D eigenvalue weighted by molar-refractivity contribution is -0.216. The SMILES string of the molecule is COC(=O)[C@]12C(=O)CC[C@H](O)[C@H]1CC(=O)[C@@H]1[C@@H]2CC[C@]2(C)[C@@H](c3ccoc3)CC[C@]12O. The highest BCUT2D eigenvalue weighted by Crippen LogP contribution is 2.69. The second-order valence-electron chi connectivity index (χ2n) is 10.3. The molecule has 0 amide bonds. The number of fused-ring (bicyclic) bond motifs is 5. The van der Waals surface area contributed by atoms with Gasteiger partial charge in [0.25, 0.3) is 0 Å². The number of rotatable bonds is 2. The molecule has 0 saturated heterocycles. The first-order valence-corrected chi connectivity index (χ1v) is 11.3. The Hall–Kier alpha value is -1.99. The number of aliphatic hydroxyl groups is 2. The zero-order valence-electron chi connectivity index (χ0n) is 18.0. The van der Waals surface area contributed by atoms with Crippen LogP contribution in [0.5, 0.6) is 0 Å². The van der Waals surface area contributed by atoms with E-state index in [0.29, 0.717) is 25.7 Å². The maximum atomic E-state index is 13.5. The maximum Gasteiger partial charge on any atom is 0.320 e. The van der Waals surface area contributed by atoms with Crippen molar-refractivity contribution in [3.8, 4) is 0 Å². The zero-order valence-corrected chi connectivity index (χ0v) is 18.0. The minimum absolute atomic E-state index is 0.0319. The van der Waals surface area contributed by atoms with Gasteiger partial charge in [-0.05, 0) is 55.6 Å². The van der Waals surface area contributed by atoms with Crippen molar-refractivity contribution in [3.05, 3.63) is 24.2 Å². The van der Waals surface area contributed by atoms with Crippen LogP contribution in [-0.4, -0.2) is 46.6 Å². The summed E-state index contributed by atoms with van der Waals surface area (Å²) in [5.41, 5.74) is -2.46. The first-order chi connectivity index (χ1) is 14.7. The van der Waals surface area contributed by atoms with Gasteiger partial charge in [-0.15, -0.1) is 0 Å². The average molecular weight is 430 g/mol. The summed E-state index contributed by atoms with van der Waals surface area (Å²) < 4.78 is 10.4. The van der Waals surface area contributed by atoms with E-state index in [2.05, 4.69) is 0 Å². The molecule has 0 unspecified atom stereocenters. The number of ketones is 2. The summed E-state index contributed by atoms with van der Waals surface area (Å²) >= 11 is 0. The topological polar surface area (TPSA) is 114 Å². The molecule has 4 fully saturated rings. The fraction of sp³-hybridized carbons (Fsp3) is 0.708. The summed E-state index contributed by atoms with van der Waals surface area (Å²) in [7, 11) is 1.25. The Morgan fingerprint density at radius 2 is 1.97 bits per heavy atom. The maximum absolute atomic E-state index is 13.5. The number of carbonyl (C=O) groups excluding carboxylic acids is 3. The van der Waals surface area contributed by atoms with E-state index in [-0.39, 0.29) is 36.7 Å². The van der Waals surface area contributed by atoms with E-state index < -0.39 is 46.3 Å². The predicted molar refractivity (Wildman–Crippen MR) is 108 cm³/mol. The summed E-state index contributed by atoms with van der Waals surface area (Å²) in [5, 5.41) is 22.9. The van der Waals surface area contributed by atoms with E-state index >= 15 is 0 Å². The molecule has 7 heteroatoms. The number of ether oxygens (including phenoxy) is 1. The van der Waals surface area contributed by atoms with Crippen molar-refractivity contribution in [2.24, 2.45) is 28.6 Å². The molecule has 1 aromatic rings. The number of esters is 1. The van der Waals surface area contributed by atoms with Gasteiger partial charge in [-0.3, -0.25) is 14.4 Å². The lowest BCUT2D eigenvalue weighted by atomic mass is 9.42. The fourth-order valence-electron chi connectivity index (χ4n) is 8.02. The number of carbonyl (C=O) groups is 3. The van der Waals surface area contributed by atoms with Crippen LogP contribution in [0, 0.1) is 28.6 Å². The second kappa shape index (κ2) is 6.75. The van der Waals surface area contributed by atoms with Crippen molar-refractivity contribution in [1.82, 2.24) is 0 Å². The summed E-state index contributed by atoms with van der Waals surface area (Å²) in [6.45, 7) is 2.02. The van der Waals surface area contributed by atoms with Crippen LogP contribution in [0.3, 0.4) is 0 Å². The molecule has 2 N–H and O–H groups in total. The minimum atomic E-state index is -1.56. The van der Waals surface area contributed by atoms with Gasteiger partial charge in [0.1, 0.15) is 11.2 Å². The van der Waals surface area contributed by atoms with Crippen LogP contribution in [0.2, 0.25) is 0 Å². The smallest absolute Gasteiger partial charge is 0.320 e. The first-order valence-electron chi connectivity index (χ1n) is 11.3. The molecule has 31 heavy (non-hydrogen) atoms. The quantitative estimate of drug-likeness (QED) is 0.547. The largest absolute Gasteiger partial charge is 0.472 e. The standard InChI is InChI=1S/C24H30O7/c1-22-8-5-15-20(23(22,29)9-6-14(22)13-7-10-31-12-13)18(26)11-16-17(25)3-4-19(27)24(15,16)21(28)30-2/h7,10,12,14-17,20,25,29H,3-6,8-9,11H2,1-2H3/t14-,15+,16-,17+,20+,22-,23+,24+/m1/s1. The zero-order chi connectivity index (χ0) is 22.2. The lowest BCUT2D eigenvalue weighted by Crippen LogP contribution is -2.70. The van der Waals surface area contributed by atoms with Gasteiger partial charge in [-0.2, -0.15) is 0 Å². The van der Waals surface area contributed by atoms with Crippen LogP contribution < -0.4 is 0 Å². The molecule has 1 heterocycles. The molecule has 4 saturated carbocycles. The van der Waals surface area contributed by atoms with E-state index in [1.165, 1.54) is 7.11 Å². The van der Waals surface area contributed by atoms with Crippen LogP contribution >= 0.6 is 0 Å². The molecule has 168 valence electrons. The van der Waals surface area contributed by atoms with Crippen molar-refractivity contribution in [1.29, 1.82) is 0 Å².